The molecule has 166 valence electrons. The van der Waals surface area contributed by atoms with Gasteiger partial charge in [0.15, 0.2) is 0 Å². The smallest absolute Gasteiger partial charge is 0.230 e. The maximum atomic E-state index is 13.5. The zero-order valence-corrected chi connectivity index (χ0v) is 19.4. The molecule has 31 heavy (non-hydrogen) atoms. The molecule has 2 aromatic rings. The van der Waals surface area contributed by atoms with Crippen LogP contribution in [0.3, 0.4) is 0 Å². The number of hydrogen-bond donors (Lipinski definition) is 0. The third-order valence-corrected chi connectivity index (χ3v) is 5.89. The Morgan fingerprint density at radius 3 is 2.45 bits per heavy atom. The van der Waals surface area contributed by atoms with E-state index >= 15 is 0 Å². The third kappa shape index (κ3) is 5.49. The highest BCUT2D eigenvalue weighted by atomic mass is 16.2. The third-order valence-electron chi connectivity index (χ3n) is 5.89. The molecule has 0 bridgehead atoms. The topological polar surface area (TPSA) is 66.4 Å². The van der Waals surface area contributed by atoms with Crippen LogP contribution in [-0.2, 0) is 16.0 Å². The van der Waals surface area contributed by atoms with E-state index in [4.69, 9.17) is 0 Å². The number of piperidine rings is 1. The van der Waals surface area contributed by atoms with E-state index in [1.54, 1.807) is 31.4 Å². The lowest BCUT2D eigenvalue weighted by molar-refractivity contribution is -0.147. The summed E-state index contributed by atoms with van der Waals surface area (Å²) in [5.74, 6) is 0.216. The summed E-state index contributed by atoms with van der Waals surface area (Å²) in [6.45, 7) is 7.39. The van der Waals surface area contributed by atoms with Gasteiger partial charge in [-0.15, -0.1) is 0 Å². The van der Waals surface area contributed by atoms with Crippen LogP contribution in [0.5, 0.6) is 0 Å². The Kier molecular flexibility index (Phi) is 6.77. The number of aromatic nitrogens is 2. The second-order valence-electron chi connectivity index (χ2n) is 10.1. The Morgan fingerprint density at radius 2 is 1.81 bits per heavy atom. The van der Waals surface area contributed by atoms with E-state index in [2.05, 4.69) is 36.8 Å². The minimum Gasteiger partial charge on any atom is -0.348 e. The minimum atomic E-state index is -0.638. The monoisotopic (exact) mass is 422 g/mol. The van der Waals surface area contributed by atoms with Crippen molar-refractivity contribution < 1.29 is 9.59 Å². The summed E-state index contributed by atoms with van der Waals surface area (Å²) in [4.78, 5) is 38.4. The van der Waals surface area contributed by atoms with Crippen molar-refractivity contribution in [3.05, 3.63) is 48.5 Å². The molecular formula is C25H34N4O2. The Hall–Kier alpha value is -2.76. The lowest BCUT2D eigenvalue weighted by Gasteiger charge is -2.44. The number of amides is 2. The van der Waals surface area contributed by atoms with Crippen LogP contribution in [0.4, 0.5) is 0 Å². The quantitative estimate of drug-likeness (QED) is 0.735. The second kappa shape index (κ2) is 9.16. The van der Waals surface area contributed by atoms with Gasteiger partial charge in [-0.3, -0.25) is 9.59 Å². The van der Waals surface area contributed by atoms with Gasteiger partial charge in [-0.1, -0.05) is 45.0 Å². The van der Waals surface area contributed by atoms with Gasteiger partial charge in [0.25, 0.3) is 0 Å². The van der Waals surface area contributed by atoms with Crippen molar-refractivity contribution in [1.29, 1.82) is 0 Å². The van der Waals surface area contributed by atoms with E-state index in [-0.39, 0.29) is 17.2 Å². The van der Waals surface area contributed by atoms with Crippen molar-refractivity contribution in [2.24, 2.45) is 10.8 Å². The summed E-state index contributed by atoms with van der Waals surface area (Å²) < 4.78 is 0. The zero-order chi connectivity index (χ0) is 22.6. The first-order valence-corrected chi connectivity index (χ1v) is 10.9. The molecule has 0 unspecified atom stereocenters. The van der Waals surface area contributed by atoms with Gasteiger partial charge in [-0.05, 0) is 35.8 Å². The van der Waals surface area contributed by atoms with Crippen molar-refractivity contribution >= 4 is 11.8 Å². The summed E-state index contributed by atoms with van der Waals surface area (Å²) in [5.41, 5.74) is 2.33. The van der Waals surface area contributed by atoms with E-state index < -0.39 is 5.41 Å². The highest BCUT2D eigenvalue weighted by Gasteiger charge is 2.44. The molecule has 0 radical (unpaired) electrons. The van der Waals surface area contributed by atoms with Crippen molar-refractivity contribution in [1.82, 2.24) is 19.8 Å². The first-order chi connectivity index (χ1) is 14.6. The number of carbonyl (C=O) groups is 2. The summed E-state index contributed by atoms with van der Waals surface area (Å²) in [6.07, 6.45) is 7.77. The van der Waals surface area contributed by atoms with Gasteiger partial charge in [-0.2, -0.15) is 0 Å². The number of benzene rings is 1. The Balaban J connectivity index is 1.96. The van der Waals surface area contributed by atoms with Gasteiger partial charge in [0.05, 0.1) is 5.41 Å². The Morgan fingerprint density at radius 1 is 1.13 bits per heavy atom. The molecule has 6 nitrogen and oxygen atoms in total. The molecule has 1 aromatic carbocycles. The number of rotatable bonds is 5. The molecule has 6 heteroatoms. The molecule has 0 aliphatic carbocycles. The van der Waals surface area contributed by atoms with Crippen molar-refractivity contribution in [2.45, 2.75) is 46.5 Å². The van der Waals surface area contributed by atoms with E-state index in [0.29, 0.717) is 25.9 Å². The van der Waals surface area contributed by atoms with E-state index in [9.17, 15) is 9.59 Å². The van der Waals surface area contributed by atoms with Crippen LogP contribution in [0.2, 0.25) is 0 Å². The average molecular weight is 423 g/mol. The molecule has 1 aliphatic rings. The minimum absolute atomic E-state index is 0.0807. The van der Waals surface area contributed by atoms with Gasteiger partial charge in [0, 0.05) is 51.6 Å². The van der Waals surface area contributed by atoms with Gasteiger partial charge in [0.1, 0.15) is 6.33 Å². The number of likely N-dealkylation sites (tertiary alicyclic amines) is 1. The Bertz CT molecular complexity index is 921. The molecule has 0 saturated carbocycles. The molecule has 2 heterocycles. The van der Waals surface area contributed by atoms with E-state index in [0.717, 1.165) is 29.5 Å². The standard InChI is InChI=1S/C25H34N4O2/c1-24(2,3)14-22(30)29-12-8-11-25(17-29,23(31)28(4)5)13-19-9-6-7-10-21(19)20-15-26-18-27-16-20/h6-7,9-10,15-16,18H,8,11-14,17H2,1-5H3/t25-/m1/s1. The summed E-state index contributed by atoms with van der Waals surface area (Å²) in [5, 5.41) is 0. The molecule has 1 aliphatic heterocycles. The van der Waals surface area contributed by atoms with E-state index in [1.165, 1.54) is 6.33 Å². The number of carbonyl (C=O) groups excluding carboxylic acids is 2. The van der Waals surface area contributed by atoms with Crippen LogP contribution in [0.1, 0.15) is 45.6 Å². The zero-order valence-electron chi connectivity index (χ0n) is 19.4. The normalized spacial score (nSPS) is 19.2. The number of nitrogens with zero attached hydrogens (tertiary/aromatic N) is 4. The maximum Gasteiger partial charge on any atom is 0.230 e. The highest BCUT2D eigenvalue weighted by Crippen LogP contribution is 2.38. The van der Waals surface area contributed by atoms with Gasteiger partial charge >= 0.3 is 0 Å². The molecule has 1 atom stereocenters. The van der Waals surface area contributed by atoms with Gasteiger partial charge in [-0.25, -0.2) is 9.97 Å². The van der Waals surface area contributed by atoms with Crippen molar-refractivity contribution in [3.63, 3.8) is 0 Å². The molecule has 1 aromatic heterocycles. The molecule has 2 amide bonds. The first-order valence-electron chi connectivity index (χ1n) is 10.9. The van der Waals surface area contributed by atoms with Crippen molar-refractivity contribution in [2.75, 3.05) is 27.2 Å². The van der Waals surface area contributed by atoms with E-state index in [1.807, 2.05) is 23.1 Å². The van der Waals surface area contributed by atoms with Crippen molar-refractivity contribution in [3.8, 4) is 11.1 Å². The van der Waals surface area contributed by atoms with Crippen LogP contribution in [-0.4, -0.2) is 58.8 Å². The molecule has 0 N–H and O–H groups in total. The fourth-order valence-corrected chi connectivity index (χ4v) is 4.54. The maximum absolute atomic E-state index is 13.5. The lowest BCUT2D eigenvalue weighted by atomic mass is 9.72. The van der Waals surface area contributed by atoms with Crippen LogP contribution >= 0.6 is 0 Å². The molecular weight excluding hydrogens is 388 g/mol. The first kappa shape index (κ1) is 22.9. The molecule has 3 rings (SSSR count). The average Bonchev–Trinajstić information content (AvgIpc) is 2.73. The predicted octanol–water partition coefficient (Wildman–Crippen LogP) is 3.82. The van der Waals surface area contributed by atoms with Crippen LogP contribution in [0, 0.1) is 10.8 Å². The summed E-state index contributed by atoms with van der Waals surface area (Å²) >= 11 is 0. The molecule has 1 fully saturated rings. The largest absolute Gasteiger partial charge is 0.348 e. The SMILES string of the molecule is CN(C)C(=O)[C@@]1(Cc2ccccc2-c2cncnc2)CCCN(C(=O)CC(C)(C)C)C1. The second-order valence-corrected chi connectivity index (χ2v) is 10.1. The van der Waals surface area contributed by atoms with Gasteiger partial charge < -0.3 is 9.80 Å². The number of hydrogen-bond acceptors (Lipinski definition) is 4. The van der Waals surface area contributed by atoms with Crippen LogP contribution in [0.15, 0.2) is 43.0 Å². The fraction of sp³-hybridized carbons (Fsp3) is 0.520. The van der Waals surface area contributed by atoms with Crippen LogP contribution in [0.25, 0.3) is 11.1 Å². The lowest BCUT2D eigenvalue weighted by Crippen LogP contribution is -2.54. The summed E-state index contributed by atoms with van der Waals surface area (Å²) in [6, 6.07) is 8.12. The molecule has 0 spiro atoms. The fourth-order valence-electron chi connectivity index (χ4n) is 4.54. The molecule has 1 saturated heterocycles. The summed E-state index contributed by atoms with van der Waals surface area (Å²) in [7, 11) is 3.61. The van der Waals surface area contributed by atoms with Crippen LogP contribution < -0.4 is 0 Å². The predicted molar refractivity (Wildman–Crippen MR) is 122 cm³/mol. The Labute approximate surface area is 185 Å². The highest BCUT2D eigenvalue weighted by molar-refractivity contribution is 5.85. The van der Waals surface area contributed by atoms with Gasteiger partial charge in [0.2, 0.25) is 11.8 Å².